The molecule has 0 spiro atoms. The lowest BCUT2D eigenvalue weighted by Crippen LogP contribution is -2.36. The largest absolute Gasteiger partial charge is 0.432 e. The minimum atomic E-state index is -0.386. The van der Waals surface area contributed by atoms with Gasteiger partial charge in [-0.25, -0.2) is 4.98 Å². The number of nitrogens with one attached hydrogen (secondary N) is 1. The molecule has 7 heteroatoms. The third kappa shape index (κ3) is 3.37. The molecular formula is C20H19N5O2. The Morgan fingerprint density at radius 2 is 2.19 bits per heavy atom. The van der Waals surface area contributed by atoms with E-state index in [2.05, 4.69) is 22.6 Å². The van der Waals surface area contributed by atoms with Gasteiger partial charge in [0.15, 0.2) is 12.0 Å². The topological polar surface area (TPSA) is 106 Å². The number of carbonyl (C=O) groups is 1. The monoisotopic (exact) mass is 361 g/mol. The number of amides is 1. The fraction of sp³-hybridized carbons (Fsp3) is 0.400. The zero-order valence-electron chi connectivity index (χ0n) is 15.0. The molecule has 1 aliphatic carbocycles. The van der Waals surface area contributed by atoms with Crippen LogP contribution in [-0.4, -0.2) is 34.4 Å². The van der Waals surface area contributed by atoms with Gasteiger partial charge in [-0.05, 0) is 49.8 Å². The number of hydrogen-bond acceptors (Lipinski definition) is 6. The molecule has 2 aliphatic rings. The summed E-state index contributed by atoms with van der Waals surface area (Å²) in [6.45, 7) is 2.45. The van der Waals surface area contributed by atoms with Gasteiger partial charge in [-0.1, -0.05) is 6.07 Å². The molecule has 1 aliphatic heterocycles. The fourth-order valence-electron chi connectivity index (χ4n) is 3.62. The van der Waals surface area contributed by atoms with Crippen molar-refractivity contribution in [2.45, 2.75) is 44.2 Å². The van der Waals surface area contributed by atoms with Gasteiger partial charge in [-0.15, -0.1) is 0 Å². The highest BCUT2D eigenvalue weighted by Gasteiger charge is 2.31. The molecule has 0 unspecified atom stereocenters. The highest BCUT2D eigenvalue weighted by molar-refractivity contribution is 5.90. The van der Waals surface area contributed by atoms with Gasteiger partial charge in [-0.2, -0.15) is 10.5 Å². The van der Waals surface area contributed by atoms with Crippen LogP contribution >= 0.6 is 0 Å². The number of aromatic nitrogens is 1. The van der Waals surface area contributed by atoms with Crippen molar-refractivity contribution in [2.75, 3.05) is 6.54 Å². The Morgan fingerprint density at radius 1 is 1.37 bits per heavy atom. The van der Waals surface area contributed by atoms with Crippen LogP contribution in [0, 0.1) is 22.8 Å². The number of carbonyl (C=O) groups excluding carboxylic acids is 1. The van der Waals surface area contributed by atoms with E-state index in [-0.39, 0.29) is 23.9 Å². The predicted octanol–water partition coefficient (Wildman–Crippen LogP) is 2.76. The van der Waals surface area contributed by atoms with Crippen molar-refractivity contribution in [3.05, 3.63) is 41.4 Å². The number of hydrogen-bond donors (Lipinski definition) is 1. The summed E-state index contributed by atoms with van der Waals surface area (Å²) < 4.78 is 5.73. The van der Waals surface area contributed by atoms with Crippen LogP contribution in [-0.2, 0) is 0 Å². The molecule has 1 amide bonds. The maximum atomic E-state index is 12.5. The standard InChI is InChI=1S/C20H19N5O2/c1-12-6-15(10-25(12)11-22)24-19(26)20-23-9-18(27-20)17-7-13(8-21)2-5-16(17)14-3-4-14/h2,5,7,9,12,14-15H,3-4,6,10H2,1H3,(H,24,26)/t12-,15-/m1/s1. The second-order valence-corrected chi connectivity index (χ2v) is 7.23. The molecule has 2 heterocycles. The van der Waals surface area contributed by atoms with Gasteiger partial charge in [0.1, 0.15) is 0 Å². The van der Waals surface area contributed by atoms with E-state index in [0.717, 1.165) is 24.0 Å². The summed E-state index contributed by atoms with van der Waals surface area (Å²) in [5.41, 5.74) is 2.51. The molecule has 2 aromatic rings. The van der Waals surface area contributed by atoms with Gasteiger partial charge in [0.25, 0.3) is 5.89 Å². The SMILES string of the molecule is C[C@@H]1C[C@@H](NC(=O)c2ncc(-c3cc(C#N)ccc3C3CC3)o2)CN1C#N. The first-order valence-corrected chi connectivity index (χ1v) is 9.06. The minimum Gasteiger partial charge on any atom is -0.432 e. The number of benzene rings is 1. The summed E-state index contributed by atoms with van der Waals surface area (Å²) in [4.78, 5) is 18.3. The molecule has 7 nitrogen and oxygen atoms in total. The first-order valence-electron chi connectivity index (χ1n) is 9.06. The average molecular weight is 361 g/mol. The van der Waals surface area contributed by atoms with Gasteiger partial charge in [0.2, 0.25) is 0 Å². The van der Waals surface area contributed by atoms with Crippen molar-refractivity contribution in [1.82, 2.24) is 15.2 Å². The van der Waals surface area contributed by atoms with E-state index in [0.29, 0.717) is 30.2 Å². The Hall–Kier alpha value is -3.32. The third-order valence-corrected chi connectivity index (χ3v) is 5.20. The van der Waals surface area contributed by atoms with Crippen LogP contribution in [0.3, 0.4) is 0 Å². The van der Waals surface area contributed by atoms with E-state index >= 15 is 0 Å². The summed E-state index contributed by atoms with van der Waals surface area (Å²) in [7, 11) is 0. The molecule has 1 aromatic heterocycles. The third-order valence-electron chi connectivity index (χ3n) is 5.20. The average Bonchev–Trinajstić information content (AvgIpc) is 3.29. The van der Waals surface area contributed by atoms with E-state index in [9.17, 15) is 10.1 Å². The Morgan fingerprint density at radius 3 is 2.85 bits per heavy atom. The van der Waals surface area contributed by atoms with Crippen LogP contribution in [0.15, 0.2) is 28.8 Å². The molecule has 1 saturated carbocycles. The van der Waals surface area contributed by atoms with E-state index in [1.165, 1.54) is 6.20 Å². The second-order valence-electron chi connectivity index (χ2n) is 7.23. The van der Waals surface area contributed by atoms with Crippen molar-refractivity contribution in [1.29, 1.82) is 10.5 Å². The Labute approximate surface area is 157 Å². The normalized spacial score (nSPS) is 21.5. The van der Waals surface area contributed by atoms with Crippen LogP contribution in [0.1, 0.15) is 53.9 Å². The molecule has 4 rings (SSSR count). The van der Waals surface area contributed by atoms with Gasteiger partial charge in [0.05, 0.1) is 17.8 Å². The molecule has 1 N–H and O–H groups in total. The van der Waals surface area contributed by atoms with Crippen LogP contribution in [0.5, 0.6) is 0 Å². The van der Waals surface area contributed by atoms with E-state index in [1.807, 2.05) is 19.1 Å². The lowest BCUT2D eigenvalue weighted by atomic mass is 9.99. The number of nitrogens with zero attached hydrogens (tertiary/aromatic N) is 4. The van der Waals surface area contributed by atoms with Crippen molar-refractivity contribution in [3.63, 3.8) is 0 Å². The highest BCUT2D eigenvalue weighted by atomic mass is 16.4. The van der Waals surface area contributed by atoms with Crippen LogP contribution in [0.2, 0.25) is 0 Å². The van der Waals surface area contributed by atoms with Crippen molar-refractivity contribution < 1.29 is 9.21 Å². The molecule has 2 fully saturated rings. The van der Waals surface area contributed by atoms with E-state index in [1.54, 1.807) is 11.0 Å². The molecular weight excluding hydrogens is 342 g/mol. The molecule has 27 heavy (non-hydrogen) atoms. The van der Waals surface area contributed by atoms with Gasteiger partial charge in [-0.3, -0.25) is 4.79 Å². The zero-order chi connectivity index (χ0) is 19.0. The summed E-state index contributed by atoms with van der Waals surface area (Å²) in [5.74, 6) is 0.587. The molecule has 0 radical (unpaired) electrons. The highest BCUT2D eigenvalue weighted by Crippen LogP contribution is 2.44. The predicted molar refractivity (Wildman–Crippen MR) is 96.3 cm³/mol. The van der Waals surface area contributed by atoms with Crippen molar-refractivity contribution in [2.24, 2.45) is 0 Å². The Balaban J connectivity index is 1.53. The van der Waals surface area contributed by atoms with E-state index < -0.39 is 0 Å². The number of nitriles is 2. The Kier molecular flexibility index (Phi) is 4.29. The smallest absolute Gasteiger partial charge is 0.307 e. The quantitative estimate of drug-likeness (QED) is 0.839. The van der Waals surface area contributed by atoms with Crippen molar-refractivity contribution in [3.8, 4) is 23.6 Å². The van der Waals surface area contributed by atoms with Gasteiger partial charge in [0, 0.05) is 24.2 Å². The maximum Gasteiger partial charge on any atom is 0.307 e. The molecule has 136 valence electrons. The summed E-state index contributed by atoms with van der Waals surface area (Å²) in [6.07, 6.45) is 6.62. The lowest BCUT2D eigenvalue weighted by Gasteiger charge is -2.11. The molecule has 1 saturated heterocycles. The molecule has 2 atom stereocenters. The van der Waals surface area contributed by atoms with E-state index in [4.69, 9.17) is 9.68 Å². The second kappa shape index (κ2) is 6.77. The maximum absolute atomic E-state index is 12.5. The fourth-order valence-corrected chi connectivity index (χ4v) is 3.62. The van der Waals surface area contributed by atoms with Crippen LogP contribution in [0.4, 0.5) is 0 Å². The first kappa shape index (κ1) is 17.1. The van der Waals surface area contributed by atoms with Crippen molar-refractivity contribution >= 4 is 5.91 Å². The summed E-state index contributed by atoms with van der Waals surface area (Å²) >= 11 is 0. The lowest BCUT2D eigenvalue weighted by molar-refractivity contribution is 0.0904. The molecule has 1 aromatic carbocycles. The first-order chi connectivity index (χ1) is 13.1. The Bertz CT molecular complexity index is 963. The number of oxazole rings is 1. The minimum absolute atomic E-state index is 0.00262. The summed E-state index contributed by atoms with van der Waals surface area (Å²) in [5, 5.41) is 21.1. The number of rotatable bonds is 4. The van der Waals surface area contributed by atoms with Crippen LogP contribution in [0.25, 0.3) is 11.3 Å². The summed E-state index contributed by atoms with van der Waals surface area (Å²) in [6, 6.07) is 7.71. The van der Waals surface area contributed by atoms with Gasteiger partial charge >= 0.3 is 5.91 Å². The van der Waals surface area contributed by atoms with Crippen LogP contribution < -0.4 is 5.32 Å². The number of likely N-dealkylation sites (tertiary alicyclic amines) is 1. The van der Waals surface area contributed by atoms with Gasteiger partial charge < -0.3 is 14.6 Å². The molecule has 0 bridgehead atoms. The zero-order valence-corrected chi connectivity index (χ0v) is 15.0.